The number of nitrogen functional groups attached to an aromatic ring is 1. The lowest BCUT2D eigenvalue weighted by Gasteiger charge is -2.45. The third kappa shape index (κ3) is 5.64. The molecule has 1 aromatic carbocycles. The molecule has 35 heavy (non-hydrogen) atoms. The van der Waals surface area contributed by atoms with E-state index in [9.17, 15) is 9.59 Å². The Morgan fingerprint density at radius 1 is 1.20 bits per heavy atom. The van der Waals surface area contributed by atoms with Crippen molar-refractivity contribution in [2.24, 2.45) is 0 Å². The molecule has 1 saturated heterocycles. The van der Waals surface area contributed by atoms with Crippen LogP contribution in [0.3, 0.4) is 0 Å². The number of halogens is 1. The topological polar surface area (TPSA) is 120 Å². The molecule has 2 amide bonds. The fourth-order valence-electron chi connectivity index (χ4n) is 4.10. The predicted octanol–water partition coefficient (Wildman–Crippen LogP) is 2.21. The second-order valence-corrected chi connectivity index (χ2v) is 9.73. The number of fused-ring (bicyclic) bond motifs is 1. The van der Waals surface area contributed by atoms with Crippen molar-refractivity contribution in [1.29, 1.82) is 0 Å². The number of anilines is 1. The number of benzene rings is 1. The molecule has 2 N–H and O–H groups in total. The molecule has 12 heteroatoms. The molecule has 3 heterocycles. The maximum absolute atomic E-state index is 13.6. The molecule has 186 valence electrons. The normalized spacial score (nSPS) is 18.3. The fraction of sp³-hybridized carbons (Fsp3) is 0.391. The predicted molar refractivity (Wildman–Crippen MR) is 132 cm³/mol. The highest BCUT2D eigenvalue weighted by Crippen LogP contribution is 2.29. The molecule has 0 aliphatic carbocycles. The van der Waals surface area contributed by atoms with E-state index in [-0.39, 0.29) is 44.2 Å². The number of methoxy groups -OCH3 is 2. The molecule has 0 radical (unpaired) electrons. The van der Waals surface area contributed by atoms with Crippen LogP contribution in [0.5, 0.6) is 5.06 Å². The maximum Gasteiger partial charge on any atom is 0.261 e. The lowest BCUT2D eigenvalue weighted by molar-refractivity contribution is -0.161. The van der Waals surface area contributed by atoms with Gasteiger partial charge in [-0.25, -0.2) is 9.97 Å². The van der Waals surface area contributed by atoms with Crippen LogP contribution in [0.4, 0.5) is 5.82 Å². The SMILES string of the molecule is COCC1CN(C(=O)COc2ccc(Cl)s2)C(COC)C(=O)N1Cc1ccc2c(N)ncnc2c1. The summed E-state index contributed by atoms with van der Waals surface area (Å²) in [6.07, 6.45) is 1.41. The lowest BCUT2D eigenvalue weighted by Crippen LogP contribution is -2.65. The number of hydrogen-bond donors (Lipinski definition) is 1. The van der Waals surface area contributed by atoms with Crippen LogP contribution in [0.2, 0.25) is 4.34 Å². The highest BCUT2D eigenvalue weighted by atomic mass is 35.5. The van der Waals surface area contributed by atoms with E-state index >= 15 is 0 Å². The summed E-state index contributed by atoms with van der Waals surface area (Å²) in [4.78, 5) is 38.2. The first-order valence-corrected chi connectivity index (χ1v) is 12.1. The van der Waals surface area contributed by atoms with Crippen molar-refractivity contribution < 1.29 is 23.8 Å². The van der Waals surface area contributed by atoms with Gasteiger partial charge in [-0.15, -0.1) is 0 Å². The number of carbonyl (C=O) groups excluding carboxylic acids is 2. The Hall–Kier alpha value is -2.99. The summed E-state index contributed by atoms with van der Waals surface area (Å²) in [5.74, 6) is -0.146. The van der Waals surface area contributed by atoms with E-state index in [0.717, 1.165) is 10.9 Å². The second-order valence-electron chi connectivity index (χ2n) is 8.05. The molecular weight excluding hydrogens is 494 g/mol. The Labute approximate surface area is 211 Å². The van der Waals surface area contributed by atoms with Gasteiger partial charge in [0, 0.05) is 32.7 Å². The van der Waals surface area contributed by atoms with Gasteiger partial charge in [-0.2, -0.15) is 0 Å². The molecule has 1 aliphatic heterocycles. The number of piperazine rings is 1. The molecular formula is C23H26ClN5O5S. The van der Waals surface area contributed by atoms with Crippen LogP contribution in [0.15, 0.2) is 36.7 Å². The number of nitrogens with zero attached hydrogens (tertiary/aromatic N) is 4. The lowest BCUT2D eigenvalue weighted by atomic mass is 10.0. The Balaban J connectivity index is 1.54. The van der Waals surface area contributed by atoms with Crippen LogP contribution in [-0.4, -0.2) is 84.3 Å². The minimum Gasteiger partial charge on any atom is -0.474 e. The van der Waals surface area contributed by atoms with E-state index < -0.39 is 6.04 Å². The summed E-state index contributed by atoms with van der Waals surface area (Å²) < 4.78 is 16.9. The monoisotopic (exact) mass is 519 g/mol. The highest BCUT2D eigenvalue weighted by Gasteiger charge is 2.42. The fourth-order valence-corrected chi connectivity index (χ4v) is 4.98. The molecule has 3 aromatic rings. The summed E-state index contributed by atoms with van der Waals surface area (Å²) in [6.45, 7) is 0.713. The van der Waals surface area contributed by atoms with Gasteiger partial charge in [0.05, 0.1) is 29.1 Å². The number of ether oxygens (including phenoxy) is 3. The Morgan fingerprint density at radius 2 is 2.00 bits per heavy atom. The van der Waals surface area contributed by atoms with Crippen molar-refractivity contribution in [2.75, 3.05) is 46.3 Å². The molecule has 4 rings (SSSR count). The summed E-state index contributed by atoms with van der Waals surface area (Å²) in [5.41, 5.74) is 7.50. The van der Waals surface area contributed by atoms with Crippen LogP contribution in [0.1, 0.15) is 5.56 Å². The van der Waals surface area contributed by atoms with Gasteiger partial charge in [0.15, 0.2) is 11.7 Å². The van der Waals surface area contributed by atoms with E-state index in [1.807, 2.05) is 18.2 Å². The Kier molecular flexibility index (Phi) is 8.01. The minimum atomic E-state index is -0.783. The van der Waals surface area contributed by atoms with Crippen LogP contribution in [0.25, 0.3) is 10.9 Å². The van der Waals surface area contributed by atoms with Gasteiger partial charge in [0.1, 0.15) is 18.2 Å². The highest BCUT2D eigenvalue weighted by molar-refractivity contribution is 7.17. The van der Waals surface area contributed by atoms with Crippen molar-refractivity contribution in [3.8, 4) is 5.06 Å². The Bertz CT molecular complexity index is 1210. The molecule has 0 bridgehead atoms. The molecule has 1 aliphatic rings. The Morgan fingerprint density at radius 3 is 2.71 bits per heavy atom. The number of aromatic nitrogens is 2. The van der Waals surface area contributed by atoms with Crippen LogP contribution in [-0.2, 0) is 25.6 Å². The van der Waals surface area contributed by atoms with E-state index in [4.69, 9.17) is 31.5 Å². The number of nitrogens with two attached hydrogens (primary N) is 1. The number of carbonyl (C=O) groups is 2. The van der Waals surface area contributed by atoms with E-state index in [1.54, 1.807) is 24.1 Å². The molecule has 2 aromatic heterocycles. The maximum atomic E-state index is 13.6. The van der Waals surface area contributed by atoms with Crippen LogP contribution >= 0.6 is 22.9 Å². The number of rotatable bonds is 9. The third-order valence-electron chi connectivity index (χ3n) is 5.77. The second kappa shape index (κ2) is 11.2. The number of amides is 2. The molecule has 0 saturated carbocycles. The van der Waals surface area contributed by atoms with Gasteiger partial charge in [-0.3, -0.25) is 9.59 Å². The average Bonchev–Trinajstić information content (AvgIpc) is 3.26. The zero-order valence-corrected chi connectivity index (χ0v) is 20.9. The van der Waals surface area contributed by atoms with E-state index in [0.29, 0.717) is 27.3 Å². The molecule has 0 spiro atoms. The number of thiophene rings is 1. The summed E-state index contributed by atoms with van der Waals surface area (Å²) in [7, 11) is 3.06. The largest absolute Gasteiger partial charge is 0.474 e. The first-order chi connectivity index (χ1) is 16.9. The zero-order valence-electron chi connectivity index (χ0n) is 19.3. The van der Waals surface area contributed by atoms with Gasteiger partial charge in [0.25, 0.3) is 5.91 Å². The van der Waals surface area contributed by atoms with E-state index in [1.165, 1.54) is 29.7 Å². The molecule has 1 fully saturated rings. The van der Waals surface area contributed by atoms with Crippen molar-refractivity contribution in [3.05, 3.63) is 46.6 Å². The number of hydrogen-bond acceptors (Lipinski definition) is 9. The van der Waals surface area contributed by atoms with Crippen molar-refractivity contribution in [1.82, 2.24) is 19.8 Å². The van der Waals surface area contributed by atoms with Gasteiger partial charge in [-0.1, -0.05) is 29.0 Å². The third-order valence-corrected chi connectivity index (χ3v) is 6.91. The summed E-state index contributed by atoms with van der Waals surface area (Å²) >= 11 is 7.17. The van der Waals surface area contributed by atoms with E-state index in [2.05, 4.69) is 9.97 Å². The van der Waals surface area contributed by atoms with Crippen molar-refractivity contribution >= 4 is 51.5 Å². The summed E-state index contributed by atoms with van der Waals surface area (Å²) in [6, 6.07) is 7.88. The van der Waals surface area contributed by atoms with Crippen molar-refractivity contribution in [3.63, 3.8) is 0 Å². The average molecular weight is 520 g/mol. The minimum absolute atomic E-state index is 0.0626. The first kappa shape index (κ1) is 25.1. The van der Waals surface area contributed by atoms with Gasteiger partial charge < -0.3 is 29.7 Å². The molecule has 2 atom stereocenters. The van der Waals surface area contributed by atoms with Crippen molar-refractivity contribution in [2.45, 2.75) is 18.6 Å². The molecule has 2 unspecified atom stereocenters. The van der Waals surface area contributed by atoms with Crippen LogP contribution in [0, 0.1) is 0 Å². The standard InChI is InChI=1S/C23H26ClN5O5S/c1-32-10-15-9-29(20(30)12-34-21-6-5-19(24)35-21)18(11-33-2)23(31)28(15)8-14-3-4-16-17(7-14)26-13-27-22(16)25/h3-7,13,15,18H,8-12H2,1-2H3,(H2,25,26,27). The van der Waals surface area contributed by atoms with Gasteiger partial charge in [0.2, 0.25) is 5.91 Å². The summed E-state index contributed by atoms with van der Waals surface area (Å²) in [5, 5.41) is 1.28. The first-order valence-electron chi connectivity index (χ1n) is 10.9. The van der Waals surface area contributed by atoms with Crippen LogP contribution < -0.4 is 10.5 Å². The quantitative estimate of drug-likeness (QED) is 0.457. The smallest absolute Gasteiger partial charge is 0.261 e. The van der Waals surface area contributed by atoms with Gasteiger partial charge in [-0.05, 0) is 29.8 Å². The molecule has 10 nitrogen and oxygen atoms in total. The van der Waals surface area contributed by atoms with Gasteiger partial charge >= 0.3 is 0 Å². The zero-order chi connectivity index (χ0) is 24.9.